The van der Waals surface area contributed by atoms with Crippen LogP contribution in [0.3, 0.4) is 0 Å². The Balaban J connectivity index is 0.000000518. The van der Waals surface area contributed by atoms with Crippen molar-refractivity contribution in [1.82, 2.24) is 0 Å². The van der Waals surface area contributed by atoms with E-state index in [1.54, 1.807) is 36.4 Å². The molecule has 1 unspecified atom stereocenters. The molecule has 0 bridgehead atoms. The Hall–Kier alpha value is -3.48. The maximum atomic E-state index is 10.8. The van der Waals surface area contributed by atoms with Gasteiger partial charge in [-0.25, -0.2) is 19.2 Å². The molecule has 210 valence electrons. The fourth-order valence-corrected chi connectivity index (χ4v) is 2.50. The molecule has 3 N–H and O–H groups in total. The van der Waals surface area contributed by atoms with Gasteiger partial charge in [0.25, 0.3) is 0 Å². The van der Waals surface area contributed by atoms with Crippen molar-refractivity contribution in [3.8, 4) is 0 Å². The maximum absolute atomic E-state index is 10.8. The van der Waals surface area contributed by atoms with Gasteiger partial charge in [-0.15, -0.1) is 13.2 Å². The van der Waals surface area contributed by atoms with Gasteiger partial charge in [0.1, 0.15) is 0 Å². The van der Waals surface area contributed by atoms with E-state index in [-0.39, 0.29) is 18.6 Å². The predicted molar refractivity (Wildman–Crippen MR) is 137 cm³/mol. The molecule has 0 amide bonds. The number of rotatable bonds is 11. The number of carbonyl (C=O) groups is 4. The molecule has 0 radical (unpaired) electrons. The maximum Gasteiger partial charge on any atom is 0.346 e. The highest BCUT2D eigenvalue weighted by Crippen LogP contribution is 2.22. The van der Waals surface area contributed by atoms with Crippen LogP contribution < -0.4 is 0 Å². The first kappa shape index (κ1) is 34.5. The summed E-state index contributed by atoms with van der Waals surface area (Å²) in [5, 5.41) is 25.4. The van der Waals surface area contributed by atoms with Crippen LogP contribution in [0.2, 0.25) is 0 Å². The van der Waals surface area contributed by atoms with Gasteiger partial charge < -0.3 is 34.3 Å². The van der Waals surface area contributed by atoms with E-state index in [2.05, 4.69) is 22.6 Å². The van der Waals surface area contributed by atoms with Gasteiger partial charge in [0.15, 0.2) is 0 Å². The van der Waals surface area contributed by atoms with Crippen molar-refractivity contribution in [1.29, 1.82) is 0 Å². The van der Waals surface area contributed by atoms with Gasteiger partial charge in [0.05, 0.1) is 56.9 Å². The van der Waals surface area contributed by atoms with Crippen LogP contribution in [0, 0.1) is 5.41 Å². The zero-order valence-corrected chi connectivity index (χ0v) is 21.7. The average molecular weight is 537 g/mol. The molecule has 0 aromatic heterocycles. The van der Waals surface area contributed by atoms with Gasteiger partial charge in [-0.05, 0) is 25.5 Å². The minimum atomic E-state index is -0.579. The number of carbonyl (C=O) groups excluding carboxylic acids is 4. The van der Waals surface area contributed by atoms with Gasteiger partial charge in [-0.2, -0.15) is 0 Å². The van der Waals surface area contributed by atoms with Crippen LogP contribution in [0.15, 0.2) is 61.7 Å². The molecule has 1 aromatic carbocycles. The van der Waals surface area contributed by atoms with E-state index in [0.717, 1.165) is 18.6 Å². The van der Waals surface area contributed by atoms with Crippen LogP contribution in [0.25, 0.3) is 0 Å². The first-order valence-electron chi connectivity index (χ1n) is 11.7. The van der Waals surface area contributed by atoms with Gasteiger partial charge in [-0.3, -0.25) is 0 Å². The SMILES string of the molecule is C=CCOCC(CC)(CO)COCC=C.CC(O)CO.O=C1C=CC(=O)O1.O=C1OC(=O)c2ccccc21. The van der Waals surface area contributed by atoms with E-state index in [4.69, 9.17) is 19.7 Å². The lowest BCUT2D eigenvalue weighted by atomic mass is 9.88. The third-order valence-electron chi connectivity index (χ3n) is 4.75. The first-order chi connectivity index (χ1) is 18.1. The van der Waals surface area contributed by atoms with E-state index >= 15 is 0 Å². The summed E-state index contributed by atoms with van der Waals surface area (Å²) in [6.45, 7) is 12.6. The zero-order valence-electron chi connectivity index (χ0n) is 21.7. The highest BCUT2D eigenvalue weighted by Gasteiger charge is 2.29. The van der Waals surface area contributed by atoms with Crippen molar-refractivity contribution in [2.75, 3.05) is 39.6 Å². The van der Waals surface area contributed by atoms with Crippen molar-refractivity contribution < 1.29 is 53.4 Å². The predicted octanol–water partition coefficient (Wildman–Crippen LogP) is 1.76. The van der Waals surface area contributed by atoms with Crippen LogP contribution >= 0.6 is 0 Å². The second kappa shape index (κ2) is 19.6. The lowest BCUT2D eigenvalue weighted by Crippen LogP contribution is -2.35. The topological polar surface area (TPSA) is 166 Å². The Morgan fingerprint density at radius 1 is 0.895 bits per heavy atom. The molecule has 2 heterocycles. The molecule has 2 aliphatic rings. The summed E-state index contributed by atoms with van der Waals surface area (Å²) >= 11 is 0. The number of hydrogen-bond donors (Lipinski definition) is 3. The second-order valence-corrected chi connectivity index (χ2v) is 7.95. The van der Waals surface area contributed by atoms with Crippen molar-refractivity contribution in [2.45, 2.75) is 26.4 Å². The molecule has 1 atom stereocenters. The minimum Gasteiger partial charge on any atom is -0.396 e. The largest absolute Gasteiger partial charge is 0.396 e. The standard InChI is InChI=1S/C12H22O3.C8H4O3.C4H2O3.C3H8O2/c1-4-7-14-10-12(6-3,9-13)11-15-8-5-2;9-7-5-3-1-2-4-6(5)8(10)11-7;5-3-1-2-4(6)7-3;1-3(5)2-4/h4-5,13H,1-2,6-11H2,3H3;1-4H;1-2H;3-5H,2H2,1H3. The summed E-state index contributed by atoms with van der Waals surface area (Å²) in [6.07, 6.45) is 5.82. The number of ether oxygens (including phenoxy) is 4. The lowest BCUT2D eigenvalue weighted by molar-refractivity contribution is -0.150. The fraction of sp³-hybridized carbons (Fsp3) is 0.407. The summed E-state index contributed by atoms with van der Waals surface area (Å²) in [7, 11) is 0. The third kappa shape index (κ3) is 13.7. The highest BCUT2D eigenvalue weighted by molar-refractivity contribution is 6.14. The number of esters is 4. The molecular weight excluding hydrogens is 500 g/mol. The molecular formula is C27H36O11. The Morgan fingerprint density at radius 2 is 1.32 bits per heavy atom. The number of fused-ring (bicyclic) bond motifs is 1. The Kier molecular flexibility index (Phi) is 17.8. The van der Waals surface area contributed by atoms with Crippen LogP contribution in [-0.2, 0) is 28.5 Å². The number of hydrogen-bond acceptors (Lipinski definition) is 11. The quantitative estimate of drug-likeness (QED) is 0.163. The molecule has 0 saturated heterocycles. The van der Waals surface area contributed by atoms with Crippen LogP contribution in [0.1, 0.15) is 41.0 Å². The summed E-state index contributed by atoms with van der Waals surface area (Å²) < 4.78 is 19.1. The van der Waals surface area contributed by atoms with Crippen molar-refractivity contribution in [2.24, 2.45) is 5.41 Å². The normalized spacial score (nSPS) is 13.9. The molecule has 11 nitrogen and oxygen atoms in total. The van der Waals surface area contributed by atoms with Crippen LogP contribution in [0.5, 0.6) is 0 Å². The van der Waals surface area contributed by atoms with Gasteiger partial charge in [0, 0.05) is 17.6 Å². The first-order valence-corrected chi connectivity index (χ1v) is 11.7. The minimum absolute atomic E-state index is 0.0672. The summed E-state index contributed by atoms with van der Waals surface area (Å²) in [5.41, 5.74) is 0.418. The molecule has 0 aliphatic carbocycles. The van der Waals surface area contributed by atoms with E-state index in [9.17, 15) is 24.3 Å². The molecule has 38 heavy (non-hydrogen) atoms. The average Bonchev–Trinajstić information content (AvgIpc) is 3.44. The molecule has 0 fully saturated rings. The highest BCUT2D eigenvalue weighted by atomic mass is 16.6. The monoisotopic (exact) mass is 536 g/mol. The number of cyclic esters (lactones) is 4. The Labute approximate surface area is 222 Å². The van der Waals surface area contributed by atoms with Crippen molar-refractivity contribution in [3.63, 3.8) is 0 Å². The van der Waals surface area contributed by atoms with E-state index in [1.165, 1.54) is 6.92 Å². The van der Waals surface area contributed by atoms with Gasteiger partial charge in [-0.1, -0.05) is 31.2 Å². The number of benzene rings is 1. The second-order valence-electron chi connectivity index (χ2n) is 7.95. The van der Waals surface area contributed by atoms with Crippen LogP contribution in [0.4, 0.5) is 0 Å². The van der Waals surface area contributed by atoms with E-state index < -0.39 is 30.0 Å². The Bertz CT molecular complexity index is 881. The summed E-state index contributed by atoms with van der Waals surface area (Å²) in [5.74, 6) is -2.26. The van der Waals surface area contributed by atoms with Gasteiger partial charge >= 0.3 is 23.9 Å². The third-order valence-corrected chi connectivity index (χ3v) is 4.75. The van der Waals surface area contributed by atoms with Crippen LogP contribution in [-0.4, -0.2) is 84.9 Å². The summed E-state index contributed by atoms with van der Waals surface area (Å²) in [4.78, 5) is 41.5. The fourth-order valence-electron chi connectivity index (χ4n) is 2.50. The zero-order chi connectivity index (χ0) is 29.0. The molecule has 2 aliphatic heterocycles. The number of aliphatic hydroxyl groups excluding tert-OH is 3. The molecule has 11 heteroatoms. The summed E-state index contributed by atoms with van der Waals surface area (Å²) in [6, 6.07) is 6.53. The smallest absolute Gasteiger partial charge is 0.346 e. The van der Waals surface area contributed by atoms with E-state index in [0.29, 0.717) is 37.6 Å². The van der Waals surface area contributed by atoms with Crippen molar-refractivity contribution in [3.05, 3.63) is 72.9 Å². The number of aliphatic hydroxyl groups is 3. The van der Waals surface area contributed by atoms with Gasteiger partial charge in [0.2, 0.25) is 0 Å². The molecule has 3 rings (SSSR count). The van der Waals surface area contributed by atoms with E-state index in [1.807, 2.05) is 6.92 Å². The molecule has 0 spiro atoms. The molecule has 1 aromatic rings. The Morgan fingerprint density at radius 3 is 1.58 bits per heavy atom. The molecule has 0 saturated carbocycles. The lowest BCUT2D eigenvalue weighted by Gasteiger charge is -2.29. The van der Waals surface area contributed by atoms with Crippen molar-refractivity contribution >= 4 is 23.9 Å².